The molecule has 6 nitrogen and oxygen atoms in total. The quantitative estimate of drug-likeness (QED) is 0.341. The molecule has 0 saturated carbocycles. The number of amides is 1. The van der Waals surface area contributed by atoms with Gasteiger partial charge in [0.2, 0.25) is 0 Å². The van der Waals surface area contributed by atoms with Gasteiger partial charge in [-0.1, -0.05) is 35.9 Å². The third-order valence-electron chi connectivity index (χ3n) is 4.16. The Hall–Kier alpha value is -2.45. The van der Waals surface area contributed by atoms with Crippen LogP contribution in [0.1, 0.15) is 25.5 Å². The standard InChI is InChI=1S/C21H22BrNO5S/c1-21(2,11-10-18(25)26)19(16-12-13(22)4-9-17(16)24)28-20(27)23-14-5-7-15(29-3)8-6-14/h4-12,19,24H,1-3H3,(H,23,27)(H,25,26)/b11-10+/t19-/m1/s1. The minimum absolute atomic E-state index is 0.0628. The molecule has 1 atom stereocenters. The maximum absolute atomic E-state index is 12.6. The van der Waals surface area contributed by atoms with Crippen LogP contribution in [0.15, 0.2) is 64.0 Å². The first-order chi connectivity index (χ1) is 13.6. The number of phenolic OH excluding ortho intramolecular Hbond substituents is 1. The lowest BCUT2D eigenvalue weighted by Crippen LogP contribution is -2.28. The molecule has 0 radical (unpaired) electrons. The van der Waals surface area contributed by atoms with Crippen LogP contribution in [-0.4, -0.2) is 28.5 Å². The Morgan fingerprint density at radius 2 is 1.86 bits per heavy atom. The average Bonchev–Trinajstić information content (AvgIpc) is 2.67. The number of hydrogen-bond acceptors (Lipinski definition) is 5. The smallest absolute Gasteiger partial charge is 0.412 e. The third-order valence-corrected chi connectivity index (χ3v) is 5.40. The summed E-state index contributed by atoms with van der Waals surface area (Å²) in [6.07, 6.45) is 2.72. The van der Waals surface area contributed by atoms with E-state index >= 15 is 0 Å². The first kappa shape index (κ1) is 22.8. The summed E-state index contributed by atoms with van der Waals surface area (Å²) in [6.45, 7) is 3.44. The minimum atomic E-state index is -1.12. The first-order valence-corrected chi connectivity index (χ1v) is 10.7. The predicted octanol–water partition coefficient (Wildman–Crippen LogP) is 5.83. The van der Waals surface area contributed by atoms with Crippen molar-refractivity contribution >= 4 is 45.4 Å². The number of carboxylic acids is 1. The molecule has 0 bridgehead atoms. The van der Waals surface area contributed by atoms with E-state index < -0.39 is 23.6 Å². The van der Waals surface area contributed by atoms with E-state index in [1.165, 1.54) is 12.1 Å². The van der Waals surface area contributed by atoms with Gasteiger partial charge in [0.05, 0.1) is 0 Å². The Morgan fingerprint density at radius 1 is 1.21 bits per heavy atom. The summed E-state index contributed by atoms with van der Waals surface area (Å²) in [5.41, 5.74) is -0.00679. The Bertz CT molecular complexity index is 912. The van der Waals surface area contributed by atoms with E-state index in [2.05, 4.69) is 21.2 Å². The Balaban J connectivity index is 2.32. The van der Waals surface area contributed by atoms with Gasteiger partial charge in [0.1, 0.15) is 11.9 Å². The average molecular weight is 480 g/mol. The second-order valence-electron chi connectivity index (χ2n) is 6.83. The summed E-state index contributed by atoms with van der Waals surface area (Å²) >= 11 is 4.93. The molecule has 2 aromatic carbocycles. The van der Waals surface area contributed by atoms with E-state index in [9.17, 15) is 14.7 Å². The van der Waals surface area contributed by atoms with Gasteiger partial charge in [-0.05, 0) is 48.7 Å². The highest BCUT2D eigenvalue weighted by molar-refractivity contribution is 9.10. The van der Waals surface area contributed by atoms with Gasteiger partial charge in [-0.3, -0.25) is 5.32 Å². The topological polar surface area (TPSA) is 95.9 Å². The number of ether oxygens (including phenoxy) is 1. The minimum Gasteiger partial charge on any atom is -0.508 e. The highest BCUT2D eigenvalue weighted by atomic mass is 79.9. The van der Waals surface area contributed by atoms with Crippen LogP contribution in [0.4, 0.5) is 10.5 Å². The number of hydrogen-bond donors (Lipinski definition) is 3. The molecule has 0 aromatic heterocycles. The fraction of sp³-hybridized carbons (Fsp3) is 0.238. The van der Waals surface area contributed by atoms with Crippen molar-refractivity contribution in [2.45, 2.75) is 24.8 Å². The van der Waals surface area contributed by atoms with Crippen LogP contribution in [0.3, 0.4) is 0 Å². The number of carboxylic acid groups (broad SMARTS) is 1. The summed E-state index contributed by atoms with van der Waals surface area (Å²) in [5.74, 6) is -1.18. The monoisotopic (exact) mass is 479 g/mol. The normalized spacial score (nSPS) is 12.6. The van der Waals surface area contributed by atoms with Gasteiger partial charge in [0, 0.05) is 32.1 Å². The second kappa shape index (κ2) is 9.84. The van der Waals surface area contributed by atoms with Gasteiger partial charge in [-0.15, -0.1) is 11.8 Å². The number of aliphatic carboxylic acids is 1. The molecule has 29 heavy (non-hydrogen) atoms. The summed E-state index contributed by atoms with van der Waals surface area (Å²) in [7, 11) is 0. The lowest BCUT2D eigenvalue weighted by atomic mass is 9.81. The van der Waals surface area contributed by atoms with Crippen molar-refractivity contribution < 1.29 is 24.5 Å². The lowest BCUT2D eigenvalue weighted by molar-refractivity contribution is -0.131. The number of carbonyl (C=O) groups excluding carboxylic acids is 1. The summed E-state index contributed by atoms with van der Waals surface area (Å²) in [6, 6.07) is 12.0. The number of nitrogens with one attached hydrogen (secondary N) is 1. The van der Waals surface area contributed by atoms with E-state index in [0.717, 1.165) is 11.0 Å². The summed E-state index contributed by atoms with van der Waals surface area (Å²) < 4.78 is 6.33. The van der Waals surface area contributed by atoms with E-state index in [4.69, 9.17) is 9.84 Å². The van der Waals surface area contributed by atoms with Crippen LogP contribution in [-0.2, 0) is 9.53 Å². The number of carbonyl (C=O) groups is 2. The molecule has 0 aliphatic heterocycles. The van der Waals surface area contributed by atoms with E-state index in [1.807, 2.05) is 18.4 Å². The molecule has 0 saturated heterocycles. The molecule has 2 aromatic rings. The zero-order chi connectivity index (χ0) is 21.6. The second-order valence-corrected chi connectivity index (χ2v) is 8.63. The van der Waals surface area contributed by atoms with Crippen molar-refractivity contribution in [3.05, 3.63) is 64.7 Å². The van der Waals surface area contributed by atoms with Crippen LogP contribution in [0.2, 0.25) is 0 Å². The molecule has 0 fully saturated rings. The van der Waals surface area contributed by atoms with Crippen molar-refractivity contribution in [2.24, 2.45) is 5.41 Å². The number of halogens is 1. The molecule has 0 heterocycles. The molecule has 8 heteroatoms. The Labute approximate surface area is 182 Å². The van der Waals surface area contributed by atoms with Crippen molar-refractivity contribution in [2.75, 3.05) is 11.6 Å². The fourth-order valence-electron chi connectivity index (χ4n) is 2.65. The number of phenols is 1. The maximum atomic E-state index is 12.6. The molecular weight excluding hydrogens is 458 g/mol. The molecule has 1 amide bonds. The van der Waals surface area contributed by atoms with Crippen molar-refractivity contribution in [3.8, 4) is 5.75 Å². The van der Waals surface area contributed by atoms with Gasteiger partial charge >= 0.3 is 12.1 Å². The predicted molar refractivity (Wildman–Crippen MR) is 117 cm³/mol. The van der Waals surface area contributed by atoms with Crippen LogP contribution < -0.4 is 5.32 Å². The van der Waals surface area contributed by atoms with Gasteiger partial charge in [0.25, 0.3) is 0 Å². The SMILES string of the molecule is CSc1ccc(NC(=O)O[C@H](c2cc(Br)ccc2O)C(C)(C)/C=C/C(=O)O)cc1. The van der Waals surface area contributed by atoms with Crippen LogP contribution >= 0.6 is 27.7 Å². The van der Waals surface area contributed by atoms with Crippen LogP contribution in [0.5, 0.6) is 5.75 Å². The Kier molecular flexibility index (Phi) is 7.75. The van der Waals surface area contributed by atoms with E-state index in [0.29, 0.717) is 15.7 Å². The zero-order valence-corrected chi connectivity index (χ0v) is 18.6. The molecule has 2 rings (SSSR count). The molecule has 0 unspecified atom stereocenters. The van der Waals surface area contributed by atoms with E-state index in [1.54, 1.807) is 49.9 Å². The fourth-order valence-corrected chi connectivity index (χ4v) is 3.44. The van der Waals surface area contributed by atoms with E-state index in [-0.39, 0.29) is 5.75 Å². The number of rotatable bonds is 7. The van der Waals surface area contributed by atoms with Crippen molar-refractivity contribution in [3.63, 3.8) is 0 Å². The zero-order valence-electron chi connectivity index (χ0n) is 16.2. The summed E-state index contributed by atoms with van der Waals surface area (Å²) in [4.78, 5) is 24.6. The first-order valence-electron chi connectivity index (χ1n) is 8.64. The Morgan fingerprint density at radius 3 is 2.45 bits per heavy atom. The number of anilines is 1. The van der Waals surface area contributed by atoms with Gasteiger partial charge in [-0.25, -0.2) is 9.59 Å². The van der Waals surface area contributed by atoms with Crippen LogP contribution in [0.25, 0.3) is 0 Å². The molecule has 154 valence electrons. The largest absolute Gasteiger partial charge is 0.508 e. The maximum Gasteiger partial charge on any atom is 0.412 e. The summed E-state index contributed by atoms with van der Waals surface area (Å²) in [5, 5.41) is 22.0. The number of benzene rings is 2. The van der Waals surface area contributed by atoms with Gasteiger partial charge in [-0.2, -0.15) is 0 Å². The molecular formula is C21H22BrNO5S. The van der Waals surface area contributed by atoms with Gasteiger partial charge < -0.3 is 14.9 Å². The molecule has 3 N–H and O–H groups in total. The molecule has 0 aliphatic rings. The lowest BCUT2D eigenvalue weighted by Gasteiger charge is -2.32. The third kappa shape index (κ3) is 6.54. The van der Waals surface area contributed by atoms with Crippen molar-refractivity contribution in [1.82, 2.24) is 0 Å². The van der Waals surface area contributed by atoms with Gasteiger partial charge in [0.15, 0.2) is 0 Å². The number of thioether (sulfide) groups is 1. The highest BCUT2D eigenvalue weighted by Gasteiger charge is 2.34. The number of aromatic hydroxyl groups is 1. The van der Waals surface area contributed by atoms with Crippen LogP contribution in [0, 0.1) is 5.41 Å². The molecule has 0 aliphatic carbocycles. The van der Waals surface area contributed by atoms with Crippen molar-refractivity contribution in [1.29, 1.82) is 0 Å². The highest BCUT2D eigenvalue weighted by Crippen LogP contribution is 2.42. The molecule has 0 spiro atoms.